The van der Waals surface area contributed by atoms with E-state index < -0.39 is 18.4 Å². The Hall–Kier alpha value is -0.311. The molecule has 0 radical (unpaired) electrons. The fraction of sp³-hybridized carbons (Fsp3) is 0.767. The molecule has 1 nitrogen and oxygen atoms in total. The Labute approximate surface area is 202 Å². The zero-order valence-electron chi connectivity index (χ0n) is 21.5. The molecule has 0 aliphatic heterocycles. The number of unbranched alkanes of at least 4 members (excludes halogenated alkanes) is 3. The van der Waals surface area contributed by atoms with E-state index in [9.17, 15) is 4.79 Å². The van der Waals surface area contributed by atoms with Crippen LogP contribution in [-0.4, -0.2) is 24.2 Å². The van der Waals surface area contributed by atoms with E-state index in [4.69, 9.17) is 0 Å². The SMILES string of the molecule is CCC[CH2][Sn]([CH2]CCC)([CH2]CCC)[c]1ccc2c(c1)CCC1C2CCC2(C)C(=O)CCC12. The van der Waals surface area contributed by atoms with Gasteiger partial charge < -0.3 is 0 Å². The molecule has 0 bridgehead atoms. The predicted octanol–water partition coefficient (Wildman–Crippen LogP) is 8.17. The van der Waals surface area contributed by atoms with Gasteiger partial charge in [0.15, 0.2) is 0 Å². The third kappa shape index (κ3) is 4.50. The van der Waals surface area contributed by atoms with Gasteiger partial charge in [-0.3, -0.25) is 0 Å². The molecule has 178 valence electrons. The molecule has 0 saturated heterocycles. The molecule has 3 aliphatic carbocycles. The Bertz CT molecular complexity index is 776. The molecule has 2 heteroatoms. The van der Waals surface area contributed by atoms with Gasteiger partial charge in [-0.05, 0) is 0 Å². The normalized spacial score (nSPS) is 29.5. The molecular formula is C30H48OSn. The van der Waals surface area contributed by atoms with E-state index in [0.29, 0.717) is 11.7 Å². The Morgan fingerprint density at radius 3 is 2.19 bits per heavy atom. The van der Waals surface area contributed by atoms with Gasteiger partial charge >= 0.3 is 203 Å². The summed E-state index contributed by atoms with van der Waals surface area (Å²) in [5.74, 6) is 2.71. The summed E-state index contributed by atoms with van der Waals surface area (Å²) >= 11 is -2.35. The van der Waals surface area contributed by atoms with Crippen LogP contribution in [0.4, 0.5) is 0 Å². The average Bonchev–Trinajstić information content (AvgIpc) is 3.12. The summed E-state index contributed by atoms with van der Waals surface area (Å²) in [5, 5.41) is 0. The van der Waals surface area contributed by atoms with Gasteiger partial charge in [-0.2, -0.15) is 0 Å². The summed E-state index contributed by atoms with van der Waals surface area (Å²) in [6, 6.07) is 8.01. The molecule has 0 amide bonds. The van der Waals surface area contributed by atoms with E-state index in [0.717, 1.165) is 31.1 Å². The van der Waals surface area contributed by atoms with Crippen LogP contribution in [0.3, 0.4) is 0 Å². The van der Waals surface area contributed by atoms with Gasteiger partial charge in [-0.1, -0.05) is 0 Å². The average molecular weight is 543 g/mol. The predicted molar refractivity (Wildman–Crippen MR) is 141 cm³/mol. The Morgan fingerprint density at radius 2 is 1.56 bits per heavy atom. The van der Waals surface area contributed by atoms with Crippen molar-refractivity contribution in [3.05, 3.63) is 29.3 Å². The van der Waals surface area contributed by atoms with Crippen LogP contribution in [0.2, 0.25) is 13.3 Å². The number of fused-ring (bicyclic) bond motifs is 5. The molecule has 1 aromatic rings. The van der Waals surface area contributed by atoms with E-state index in [1.54, 1.807) is 24.4 Å². The van der Waals surface area contributed by atoms with Gasteiger partial charge in [0.1, 0.15) is 0 Å². The van der Waals surface area contributed by atoms with E-state index in [1.807, 2.05) is 3.58 Å². The number of carbonyl (C=O) groups excluding carboxylic acids is 1. The van der Waals surface area contributed by atoms with Crippen LogP contribution < -0.4 is 3.58 Å². The number of benzene rings is 1. The second-order valence-electron chi connectivity index (χ2n) is 11.8. The summed E-state index contributed by atoms with van der Waals surface area (Å²) in [6.07, 6.45) is 15.4. The van der Waals surface area contributed by atoms with Crippen molar-refractivity contribution in [3.8, 4) is 0 Å². The topological polar surface area (TPSA) is 17.1 Å². The van der Waals surface area contributed by atoms with E-state index in [-0.39, 0.29) is 5.41 Å². The summed E-state index contributed by atoms with van der Waals surface area (Å²) in [6.45, 7) is 9.45. The minimum absolute atomic E-state index is 0.00464. The molecule has 0 N–H and O–H groups in total. The van der Waals surface area contributed by atoms with Crippen molar-refractivity contribution < 1.29 is 4.79 Å². The van der Waals surface area contributed by atoms with Crippen LogP contribution >= 0.6 is 0 Å². The zero-order chi connectivity index (χ0) is 22.8. The van der Waals surface area contributed by atoms with Gasteiger partial charge in [0.05, 0.1) is 0 Å². The molecule has 0 spiro atoms. The first-order valence-corrected chi connectivity index (χ1v) is 21.6. The third-order valence-electron chi connectivity index (χ3n) is 10.1. The molecule has 0 aromatic heterocycles. The number of hydrogen-bond acceptors (Lipinski definition) is 1. The molecule has 0 heterocycles. The minimum atomic E-state index is -2.35. The van der Waals surface area contributed by atoms with Crippen molar-refractivity contribution >= 4 is 27.7 Å². The van der Waals surface area contributed by atoms with E-state index in [2.05, 4.69) is 45.9 Å². The Kier molecular flexibility index (Phi) is 8.16. The quantitative estimate of drug-likeness (QED) is 0.272. The number of carbonyl (C=O) groups is 1. The molecule has 4 unspecified atom stereocenters. The molecule has 2 saturated carbocycles. The van der Waals surface area contributed by atoms with Crippen LogP contribution in [0.1, 0.15) is 115 Å². The monoisotopic (exact) mass is 544 g/mol. The maximum absolute atomic E-state index is 12.7. The van der Waals surface area contributed by atoms with E-state index >= 15 is 0 Å². The second-order valence-corrected chi connectivity index (χ2v) is 25.1. The zero-order valence-corrected chi connectivity index (χ0v) is 24.3. The number of Topliss-reactive ketones (excluding diaryl/α,β-unsaturated/α-hetero) is 1. The van der Waals surface area contributed by atoms with Crippen LogP contribution in [-0.2, 0) is 11.2 Å². The number of aryl methyl sites for hydroxylation is 1. The van der Waals surface area contributed by atoms with Crippen molar-refractivity contribution in [1.82, 2.24) is 0 Å². The van der Waals surface area contributed by atoms with Crippen molar-refractivity contribution in [1.29, 1.82) is 0 Å². The molecule has 32 heavy (non-hydrogen) atoms. The molecule has 3 aliphatic rings. The second kappa shape index (κ2) is 10.5. The van der Waals surface area contributed by atoms with Gasteiger partial charge in [0.2, 0.25) is 0 Å². The van der Waals surface area contributed by atoms with Crippen LogP contribution in [0.25, 0.3) is 0 Å². The molecule has 1 aromatic carbocycles. The maximum atomic E-state index is 12.7. The summed E-state index contributed by atoms with van der Waals surface area (Å²) in [4.78, 5) is 12.7. The van der Waals surface area contributed by atoms with Crippen molar-refractivity contribution in [2.75, 3.05) is 0 Å². The molecule has 4 rings (SSSR count). The number of ketones is 1. The number of hydrogen-bond donors (Lipinski definition) is 0. The van der Waals surface area contributed by atoms with Gasteiger partial charge in [-0.25, -0.2) is 0 Å². The standard InChI is InChI=1S/C18H21O.3C4H9.Sn/c1-18-11-10-14-13-5-3-2-4-12(13)6-7-15(14)16(18)8-9-17(18)19;3*1-3-4-2;/h3-5,14-16H,6-11H2,1H3;3*1,3-4H2,2H3;. The van der Waals surface area contributed by atoms with Crippen molar-refractivity contribution in [2.24, 2.45) is 17.3 Å². The van der Waals surface area contributed by atoms with Gasteiger partial charge in [0.25, 0.3) is 0 Å². The first-order valence-electron chi connectivity index (χ1n) is 14.2. The summed E-state index contributed by atoms with van der Waals surface area (Å²) in [7, 11) is 0. The van der Waals surface area contributed by atoms with Crippen molar-refractivity contribution in [2.45, 2.75) is 124 Å². The van der Waals surface area contributed by atoms with Gasteiger partial charge in [0, 0.05) is 0 Å². The Morgan fingerprint density at radius 1 is 0.906 bits per heavy atom. The summed E-state index contributed by atoms with van der Waals surface area (Å²) in [5.41, 5.74) is 3.40. The van der Waals surface area contributed by atoms with Crippen LogP contribution in [0.15, 0.2) is 18.2 Å². The molecule has 4 atom stereocenters. The van der Waals surface area contributed by atoms with Gasteiger partial charge in [-0.15, -0.1) is 0 Å². The first kappa shape index (κ1) is 24.8. The summed E-state index contributed by atoms with van der Waals surface area (Å²) < 4.78 is 6.57. The number of rotatable bonds is 10. The molecule has 2 fully saturated rings. The molecular weight excluding hydrogens is 495 g/mol. The van der Waals surface area contributed by atoms with Crippen LogP contribution in [0.5, 0.6) is 0 Å². The fourth-order valence-electron chi connectivity index (χ4n) is 8.04. The third-order valence-corrected chi connectivity index (χ3v) is 25.7. The van der Waals surface area contributed by atoms with Crippen LogP contribution in [0, 0.1) is 17.3 Å². The Balaban J connectivity index is 1.63. The first-order chi connectivity index (χ1) is 15.5. The van der Waals surface area contributed by atoms with E-state index in [1.165, 1.54) is 57.8 Å². The fourth-order valence-corrected chi connectivity index (χ4v) is 24.1. The van der Waals surface area contributed by atoms with Crippen molar-refractivity contribution in [3.63, 3.8) is 0 Å².